The number of aryl methyl sites for hydroxylation is 2. The summed E-state index contributed by atoms with van der Waals surface area (Å²) in [5.41, 5.74) is 7.10. The molecule has 0 aliphatic heterocycles. The van der Waals surface area contributed by atoms with E-state index in [4.69, 9.17) is 13.8 Å². The van der Waals surface area contributed by atoms with Crippen LogP contribution in [-0.2, 0) is 23.8 Å². The highest BCUT2D eigenvalue weighted by Crippen LogP contribution is 2.41. The first-order valence-electron chi connectivity index (χ1n) is 18.1. The van der Waals surface area contributed by atoms with Crippen molar-refractivity contribution in [3.63, 3.8) is 0 Å². The maximum Gasteiger partial charge on any atom is 0.409 e. The molecule has 0 spiro atoms. The first-order valence-corrected chi connectivity index (χ1v) is 21.0. The number of carbonyl (C=O) groups is 1. The number of unbranched alkanes of at least 4 members (excludes halogenated alkanes) is 1. The van der Waals surface area contributed by atoms with E-state index in [1.165, 1.54) is 6.07 Å². The summed E-state index contributed by atoms with van der Waals surface area (Å²) in [6.07, 6.45) is 1.87. The number of oxazole rings is 1. The van der Waals surface area contributed by atoms with E-state index >= 15 is 0 Å². The van der Waals surface area contributed by atoms with Crippen LogP contribution in [0.4, 0.5) is 10.5 Å². The lowest BCUT2D eigenvalue weighted by molar-refractivity contribution is 0.181. The Hall–Kier alpha value is -5.23. The molecule has 0 radical (unpaired) electrons. The number of phenols is 1. The summed E-state index contributed by atoms with van der Waals surface area (Å²) in [5.74, 6) is 0.719. The number of aromatic amines is 1. The van der Waals surface area contributed by atoms with Crippen molar-refractivity contribution < 1.29 is 23.9 Å². The van der Waals surface area contributed by atoms with Gasteiger partial charge >= 0.3 is 6.09 Å². The summed E-state index contributed by atoms with van der Waals surface area (Å²) in [6, 6.07) is 28.5. The highest BCUT2D eigenvalue weighted by atomic mass is 28.4. The molecule has 5 N–H and O–H groups in total. The van der Waals surface area contributed by atoms with Gasteiger partial charge in [0.15, 0.2) is 19.8 Å². The van der Waals surface area contributed by atoms with E-state index < -0.39 is 14.4 Å². The van der Waals surface area contributed by atoms with Crippen LogP contribution in [0.2, 0.25) is 18.1 Å². The Labute approximate surface area is 310 Å². The number of benzene rings is 4. The molecule has 0 saturated carbocycles. The van der Waals surface area contributed by atoms with Crippen molar-refractivity contribution in [1.82, 2.24) is 15.3 Å². The van der Waals surface area contributed by atoms with Crippen molar-refractivity contribution in [3.8, 4) is 16.9 Å². The fourth-order valence-corrected chi connectivity index (χ4v) is 7.58. The number of rotatable bonds is 14. The van der Waals surface area contributed by atoms with Gasteiger partial charge in [0.2, 0.25) is 5.56 Å². The van der Waals surface area contributed by atoms with Crippen molar-refractivity contribution in [2.75, 3.05) is 11.9 Å². The lowest BCUT2D eigenvalue weighted by Crippen LogP contribution is -2.43. The largest absolute Gasteiger partial charge is 0.506 e. The molecule has 0 aliphatic carbocycles. The Kier molecular flexibility index (Phi) is 11.2. The highest BCUT2D eigenvalue weighted by molar-refractivity contribution is 6.74. The Morgan fingerprint density at radius 3 is 2.45 bits per heavy atom. The number of aromatic hydroxyl groups is 1. The maximum atomic E-state index is 12.1. The van der Waals surface area contributed by atoms with Crippen molar-refractivity contribution in [2.24, 2.45) is 0 Å². The summed E-state index contributed by atoms with van der Waals surface area (Å²) in [7, 11) is -2.20. The fourth-order valence-electron chi connectivity index (χ4n) is 6.31. The normalized spacial score (nSPS) is 12.7. The molecule has 276 valence electrons. The topological polar surface area (TPSA) is 150 Å². The number of amides is 1. The van der Waals surface area contributed by atoms with E-state index in [1.54, 1.807) is 12.1 Å². The number of aromatic nitrogens is 2. The summed E-state index contributed by atoms with van der Waals surface area (Å²) in [5, 5.41) is 26.8. The molecule has 4 aromatic carbocycles. The molecular weight excluding hydrogens is 685 g/mol. The van der Waals surface area contributed by atoms with E-state index in [1.807, 2.05) is 66.7 Å². The van der Waals surface area contributed by atoms with Crippen LogP contribution in [0.5, 0.6) is 5.75 Å². The highest BCUT2D eigenvalue weighted by Gasteiger charge is 2.39. The minimum absolute atomic E-state index is 0.0155. The van der Waals surface area contributed by atoms with Gasteiger partial charge in [-0.25, -0.2) is 9.78 Å². The van der Waals surface area contributed by atoms with Crippen molar-refractivity contribution >= 4 is 42.1 Å². The van der Waals surface area contributed by atoms with Crippen molar-refractivity contribution in [2.45, 2.75) is 77.2 Å². The lowest BCUT2D eigenvalue weighted by Gasteiger charge is -2.39. The number of phenolic OH excluding ortho intramolecular Hbond substituents is 1. The molecular formula is C42H48N4O6Si. The number of pyridine rings is 1. The number of carboxylic acid groups (broad SMARTS) is 1. The fraction of sp³-hybridized carbons (Fsp3) is 0.310. The molecule has 2 heterocycles. The summed E-state index contributed by atoms with van der Waals surface area (Å²) < 4.78 is 13.1. The van der Waals surface area contributed by atoms with Crippen LogP contribution in [0, 0.1) is 0 Å². The molecule has 0 unspecified atom stereocenters. The quantitative estimate of drug-likeness (QED) is 0.0549. The molecule has 10 nitrogen and oxygen atoms in total. The second-order valence-corrected chi connectivity index (χ2v) is 19.8. The minimum Gasteiger partial charge on any atom is -0.506 e. The Morgan fingerprint density at radius 1 is 0.943 bits per heavy atom. The van der Waals surface area contributed by atoms with E-state index in [2.05, 4.69) is 55.5 Å². The van der Waals surface area contributed by atoms with E-state index in [0.717, 1.165) is 63.6 Å². The van der Waals surface area contributed by atoms with Gasteiger partial charge in [-0.15, -0.1) is 0 Å². The second kappa shape index (κ2) is 15.8. The molecule has 53 heavy (non-hydrogen) atoms. The van der Waals surface area contributed by atoms with Gasteiger partial charge in [-0.1, -0.05) is 75.4 Å². The van der Waals surface area contributed by atoms with Crippen LogP contribution in [0.3, 0.4) is 0 Å². The lowest BCUT2D eigenvalue weighted by atomic mass is 9.99. The van der Waals surface area contributed by atoms with Gasteiger partial charge < -0.3 is 29.4 Å². The summed E-state index contributed by atoms with van der Waals surface area (Å²) in [6.45, 7) is 12.2. The minimum atomic E-state index is -2.20. The average Bonchev–Trinajstić information content (AvgIpc) is 3.52. The molecule has 2 aromatic heterocycles. The van der Waals surface area contributed by atoms with Gasteiger partial charge in [-0.05, 0) is 90.0 Å². The summed E-state index contributed by atoms with van der Waals surface area (Å²) >= 11 is 0. The Bertz CT molecular complexity index is 2280. The van der Waals surface area contributed by atoms with Crippen LogP contribution in [0.15, 0.2) is 100 Å². The number of hydrogen-bond acceptors (Lipinski definition) is 7. The monoisotopic (exact) mass is 732 g/mol. The van der Waals surface area contributed by atoms with E-state index in [0.29, 0.717) is 36.6 Å². The number of nitrogens with one attached hydrogen (secondary N) is 3. The van der Waals surface area contributed by atoms with Gasteiger partial charge in [0.05, 0.1) is 17.3 Å². The maximum absolute atomic E-state index is 12.1. The Morgan fingerprint density at radius 2 is 1.70 bits per heavy atom. The molecule has 0 aliphatic rings. The molecule has 11 heteroatoms. The average molecular weight is 733 g/mol. The van der Waals surface area contributed by atoms with Gasteiger partial charge in [-0.2, -0.15) is 0 Å². The van der Waals surface area contributed by atoms with E-state index in [-0.39, 0.29) is 22.5 Å². The first-order chi connectivity index (χ1) is 25.3. The predicted molar refractivity (Wildman–Crippen MR) is 213 cm³/mol. The van der Waals surface area contributed by atoms with Crippen LogP contribution in [-0.4, -0.2) is 41.1 Å². The van der Waals surface area contributed by atoms with Gasteiger partial charge in [-0.3, -0.25) is 10.1 Å². The van der Waals surface area contributed by atoms with Gasteiger partial charge in [0.1, 0.15) is 11.3 Å². The second-order valence-electron chi connectivity index (χ2n) is 15.1. The van der Waals surface area contributed by atoms with Gasteiger partial charge in [0.25, 0.3) is 0 Å². The standard InChI is InChI=1S/C42H48N4O6Si/c1-42(2,3)53(4,5)52-37(31-18-21-35(47)40-32(31)19-22-38(48)46-40)26-43-25-28-16-20-33-36(24-28)51-39(44-33)14-10-9-11-27-15-17-30(29-12-7-6-8-13-29)34(23-27)45-41(49)50/h6-8,12-13,15-24,37,43,45,47H,9-11,14,25-26H2,1-5H3,(H,46,48)(H,49,50)/t37-/m0/s1. The Balaban J connectivity index is 1.09. The molecule has 6 aromatic rings. The number of anilines is 1. The molecule has 0 bridgehead atoms. The first kappa shape index (κ1) is 37.5. The number of hydrogen-bond donors (Lipinski definition) is 5. The van der Waals surface area contributed by atoms with Crippen molar-refractivity contribution in [1.29, 1.82) is 0 Å². The molecule has 1 amide bonds. The third-order valence-corrected chi connectivity index (χ3v) is 14.7. The number of fused-ring (bicyclic) bond motifs is 2. The van der Waals surface area contributed by atoms with Crippen LogP contribution in [0.1, 0.15) is 62.3 Å². The van der Waals surface area contributed by atoms with Crippen molar-refractivity contribution in [3.05, 3.63) is 124 Å². The molecule has 0 saturated heterocycles. The molecule has 0 fully saturated rings. The van der Waals surface area contributed by atoms with Gasteiger partial charge in [0, 0.05) is 36.5 Å². The van der Waals surface area contributed by atoms with E-state index in [9.17, 15) is 19.8 Å². The third kappa shape index (κ3) is 9.05. The SMILES string of the molecule is CC(C)(C)[Si](C)(C)O[C@@H](CNCc1ccc2nc(CCCCc3ccc(-c4ccccc4)c(NC(=O)O)c3)oc2c1)c1ccc(O)c2[nH]c(=O)ccc12. The van der Waals surface area contributed by atoms with Crippen LogP contribution >= 0.6 is 0 Å². The molecule has 1 atom stereocenters. The zero-order valence-corrected chi connectivity index (χ0v) is 32.0. The zero-order valence-electron chi connectivity index (χ0n) is 31.0. The third-order valence-electron chi connectivity index (χ3n) is 10.2. The molecule has 6 rings (SSSR count). The van der Waals surface area contributed by atoms with Crippen LogP contribution in [0.25, 0.3) is 33.1 Å². The number of nitrogens with zero attached hydrogens (tertiary/aromatic N) is 1. The zero-order chi connectivity index (χ0) is 37.8. The number of H-pyrrole nitrogens is 1. The van der Waals surface area contributed by atoms with Crippen LogP contribution < -0.4 is 16.2 Å². The summed E-state index contributed by atoms with van der Waals surface area (Å²) in [4.78, 5) is 31.1. The smallest absolute Gasteiger partial charge is 0.409 e. The predicted octanol–water partition coefficient (Wildman–Crippen LogP) is 9.55.